The van der Waals surface area contributed by atoms with E-state index in [0.717, 1.165) is 33.7 Å². The first-order valence-electron chi connectivity index (χ1n) is 11.1. The van der Waals surface area contributed by atoms with Gasteiger partial charge in [-0.3, -0.25) is 4.98 Å². The highest BCUT2D eigenvalue weighted by Crippen LogP contribution is 2.32. The van der Waals surface area contributed by atoms with Gasteiger partial charge in [0.2, 0.25) is 0 Å². The molecule has 0 saturated heterocycles. The number of para-hydroxylation sites is 1. The summed E-state index contributed by atoms with van der Waals surface area (Å²) in [4.78, 5) is 18.3. The van der Waals surface area contributed by atoms with Crippen LogP contribution in [0.1, 0.15) is 11.1 Å². The molecule has 1 aromatic heterocycles. The van der Waals surface area contributed by atoms with E-state index in [1.165, 1.54) is 0 Å². The van der Waals surface area contributed by atoms with Crippen LogP contribution >= 0.6 is 0 Å². The van der Waals surface area contributed by atoms with Crippen molar-refractivity contribution in [3.63, 3.8) is 0 Å². The summed E-state index contributed by atoms with van der Waals surface area (Å²) in [6.45, 7) is 0.848. The second-order valence-electron chi connectivity index (χ2n) is 8.10. The third-order valence-corrected chi connectivity index (χ3v) is 5.34. The Bertz CT molecular complexity index is 1220. The molecule has 4 rings (SSSR count). The second kappa shape index (κ2) is 11.0. The molecule has 0 unspecified atom stereocenters. The predicted octanol–water partition coefficient (Wildman–Crippen LogP) is 5.72. The fourth-order valence-electron chi connectivity index (χ4n) is 3.49. The highest BCUT2D eigenvalue weighted by Gasteiger charge is 2.08. The van der Waals surface area contributed by atoms with Crippen LogP contribution < -0.4 is 20.3 Å². The summed E-state index contributed by atoms with van der Waals surface area (Å²) in [5, 5.41) is 5.67. The average molecular weight is 453 g/mol. The van der Waals surface area contributed by atoms with Gasteiger partial charge in [0.1, 0.15) is 12.4 Å². The molecule has 6 heteroatoms. The minimum atomic E-state index is -0.262. The molecule has 4 aromatic rings. The number of hydrogen-bond donors (Lipinski definition) is 2. The predicted molar refractivity (Wildman–Crippen MR) is 137 cm³/mol. The number of nitrogens with one attached hydrogen (secondary N) is 2. The van der Waals surface area contributed by atoms with Gasteiger partial charge < -0.3 is 20.3 Å². The van der Waals surface area contributed by atoms with Gasteiger partial charge in [-0.2, -0.15) is 0 Å². The van der Waals surface area contributed by atoms with Crippen molar-refractivity contribution < 1.29 is 9.53 Å². The van der Waals surface area contributed by atoms with Crippen molar-refractivity contribution in [1.29, 1.82) is 0 Å². The van der Waals surface area contributed by atoms with Gasteiger partial charge in [0.15, 0.2) is 0 Å². The maximum Gasteiger partial charge on any atom is 0.319 e. The molecule has 1 heterocycles. The number of pyridine rings is 1. The molecule has 0 radical (unpaired) electrons. The highest BCUT2D eigenvalue weighted by atomic mass is 16.5. The number of anilines is 2. The Morgan fingerprint density at radius 3 is 2.50 bits per heavy atom. The maximum absolute atomic E-state index is 12.1. The van der Waals surface area contributed by atoms with Gasteiger partial charge in [-0.1, -0.05) is 48.5 Å². The van der Waals surface area contributed by atoms with E-state index >= 15 is 0 Å². The molecule has 2 amide bonds. The average Bonchev–Trinajstić information content (AvgIpc) is 2.88. The van der Waals surface area contributed by atoms with E-state index in [2.05, 4.69) is 50.8 Å². The molecule has 0 aliphatic heterocycles. The lowest BCUT2D eigenvalue weighted by atomic mass is 10.0. The Hall–Kier alpha value is -4.32. The largest absolute Gasteiger partial charge is 0.488 e. The molecule has 0 fully saturated rings. The van der Waals surface area contributed by atoms with Crippen molar-refractivity contribution in [2.75, 3.05) is 24.3 Å². The summed E-state index contributed by atoms with van der Waals surface area (Å²) < 4.78 is 6.17. The van der Waals surface area contributed by atoms with Gasteiger partial charge in [-0.15, -0.1) is 0 Å². The third-order valence-electron chi connectivity index (χ3n) is 5.34. The van der Waals surface area contributed by atoms with Gasteiger partial charge in [-0.25, -0.2) is 4.79 Å². The van der Waals surface area contributed by atoms with E-state index in [1.807, 2.05) is 68.7 Å². The first-order valence-corrected chi connectivity index (χ1v) is 11.1. The van der Waals surface area contributed by atoms with E-state index in [4.69, 9.17) is 4.74 Å². The molecule has 0 aliphatic carbocycles. The van der Waals surface area contributed by atoms with E-state index in [9.17, 15) is 4.79 Å². The van der Waals surface area contributed by atoms with Crippen molar-refractivity contribution in [3.05, 3.63) is 108 Å². The second-order valence-corrected chi connectivity index (χ2v) is 8.10. The van der Waals surface area contributed by atoms with Crippen LogP contribution in [0.25, 0.3) is 11.1 Å². The summed E-state index contributed by atoms with van der Waals surface area (Å²) in [5.41, 5.74) is 5.97. The normalized spacial score (nSPS) is 10.4. The zero-order chi connectivity index (χ0) is 23.8. The number of benzene rings is 3. The number of urea groups is 1. The smallest absolute Gasteiger partial charge is 0.319 e. The number of ether oxygens (including phenoxy) is 1. The summed E-state index contributed by atoms with van der Waals surface area (Å²) in [7, 11) is 4.06. The Kier molecular flexibility index (Phi) is 7.40. The van der Waals surface area contributed by atoms with Crippen LogP contribution in [0.15, 0.2) is 97.3 Å². The molecule has 0 bridgehead atoms. The molecule has 2 N–H and O–H groups in total. The Morgan fingerprint density at radius 1 is 0.912 bits per heavy atom. The minimum absolute atomic E-state index is 0.262. The number of carbonyl (C=O) groups is 1. The number of carbonyl (C=O) groups excluding carboxylic acids is 1. The van der Waals surface area contributed by atoms with Crippen molar-refractivity contribution in [2.45, 2.75) is 13.2 Å². The van der Waals surface area contributed by atoms with Crippen LogP contribution in [0.3, 0.4) is 0 Å². The van der Waals surface area contributed by atoms with Crippen molar-refractivity contribution in [3.8, 4) is 16.9 Å². The lowest BCUT2D eigenvalue weighted by molar-refractivity contribution is 0.251. The van der Waals surface area contributed by atoms with Crippen LogP contribution in [0.4, 0.5) is 16.2 Å². The zero-order valence-electron chi connectivity index (χ0n) is 19.4. The zero-order valence-corrected chi connectivity index (χ0v) is 19.4. The summed E-state index contributed by atoms with van der Waals surface area (Å²) in [5.74, 6) is 0.829. The van der Waals surface area contributed by atoms with Gasteiger partial charge in [0, 0.05) is 50.0 Å². The van der Waals surface area contributed by atoms with Crippen LogP contribution in [0, 0.1) is 0 Å². The summed E-state index contributed by atoms with van der Waals surface area (Å²) >= 11 is 0. The molecular weight excluding hydrogens is 424 g/mol. The standard InChI is InChI=1S/C28H28N4O2/c1-32(2)25-9-5-8-23(17-25)26-10-3-4-11-27(26)34-20-21-12-14-24(15-13-21)31-28(33)30-19-22-7-6-16-29-18-22/h3-18H,19-20H2,1-2H3,(H2,30,31,33). The Labute approximate surface area is 200 Å². The molecular formula is C28H28N4O2. The van der Waals surface area contributed by atoms with Gasteiger partial charge in [0.25, 0.3) is 0 Å². The topological polar surface area (TPSA) is 66.5 Å². The van der Waals surface area contributed by atoms with E-state index in [0.29, 0.717) is 18.8 Å². The Balaban J connectivity index is 1.35. The van der Waals surface area contributed by atoms with Gasteiger partial charge in [0.05, 0.1) is 0 Å². The van der Waals surface area contributed by atoms with Crippen LogP contribution in [0.5, 0.6) is 5.75 Å². The van der Waals surface area contributed by atoms with Gasteiger partial charge in [-0.05, 0) is 53.1 Å². The summed E-state index contributed by atoms with van der Waals surface area (Å²) in [6.07, 6.45) is 3.43. The molecule has 0 atom stereocenters. The lowest BCUT2D eigenvalue weighted by Crippen LogP contribution is -2.28. The van der Waals surface area contributed by atoms with Crippen molar-refractivity contribution in [1.82, 2.24) is 10.3 Å². The highest BCUT2D eigenvalue weighted by molar-refractivity contribution is 5.89. The first-order chi connectivity index (χ1) is 16.6. The maximum atomic E-state index is 12.1. The number of rotatable bonds is 8. The molecule has 0 aliphatic rings. The van der Waals surface area contributed by atoms with E-state index in [-0.39, 0.29) is 6.03 Å². The number of nitrogens with zero attached hydrogens (tertiary/aromatic N) is 2. The number of amides is 2. The number of aromatic nitrogens is 1. The van der Waals surface area contributed by atoms with Crippen LogP contribution in [-0.2, 0) is 13.2 Å². The molecule has 172 valence electrons. The minimum Gasteiger partial charge on any atom is -0.488 e. The lowest BCUT2D eigenvalue weighted by Gasteiger charge is -2.16. The fourth-order valence-corrected chi connectivity index (χ4v) is 3.49. The van der Waals surface area contributed by atoms with Crippen LogP contribution in [0.2, 0.25) is 0 Å². The van der Waals surface area contributed by atoms with Crippen molar-refractivity contribution in [2.24, 2.45) is 0 Å². The molecule has 6 nitrogen and oxygen atoms in total. The molecule has 0 spiro atoms. The van der Waals surface area contributed by atoms with Gasteiger partial charge >= 0.3 is 6.03 Å². The molecule has 0 saturated carbocycles. The SMILES string of the molecule is CN(C)c1cccc(-c2ccccc2OCc2ccc(NC(=O)NCc3cccnc3)cc2)c1. The summed E-state index contributed by atoms with van der Waals surface area (Å²) in [6, 6.07) is 27.6. The Morgan fingerprint density at radius 2 is 1.74 bits per heavy atom. The van der Waals surface area contributed by atoms with Crippen molar-refractivity contribution >= 4 is 17.4 Å². The molecule has 3 aromatic carbocycles. The van der Waals surface area contributed by atoms with E-state index in [1.54, 1.807) is 12.4 Å². The quantitative estimate of drug-likeness (QED) is 0.359. The monoisotopic (exact) mass is 452 g/mol. The first kappa shape index (κ1) is 22.9. The van der Waals surface area contributed by atoms with Crippen LogP contribution in [-0.4, -0.2) is 25.1 Å². The third kappa shape index (κ3) is 6.13. The molecule has 34 heavy (non-hydrogen) atoms. The fraction of sp³-hybridized carbons (Fsp3) is 0.143. The van der Waals surface area contributed by atoms with E-state index < -0.39 is 0 Å². The number of hydrogen-bond acceptors (Lipinski definition) is 4.